The van der Waals surface area contributed by atoms with Crippen molar-refractivity contribution in [3.05, 3.63) is 39.5 Å². The van der Waals surface area contributed by atoms with Gasteiger partial charge in [-0.3, -0.25) is 9.48 Å². The Hall–Kier alpha value is -1.56. The molecule has 0 aliphatic rings. The molecule has 0 spiro atoms. The Balaban J connectivity index is 2.29. The first-order valence-corrected chi connectivity index (χ1v) is 8.70. The number of nitrogens with zero attached hydrogens (tertiary/aromatic N) is 3. The molecule has 0 saturated heterocycles. The molecule has 0 radical (unpaired) electrons. The number of amides is 1. The second-order valence-electron chi connectivity index (χ2n) is 6.15. The molecule has 0 bridgehead atoms. The van der Waals surface area contributed by atoms with Crippen LogP contribution in [-0.2, 0) is 13.1 Å². The molecule has 2 heterocycles. The molecule has 23 heavy (non-hydrogen) atoms. The minimum Gasteiger partial charge on any atom is -0.444 e. The van der Waals surface area contributed by atoms with Crippen molar-refractivity contribution in [1.82, 2.24) is 14.7 Å². The van der Waals surface area contributed by atoms with Crippen molar-refractivity contribution in [3.63, 3.8) is 0 Å². The van der Waals surface area contributed by atoms with Gasteiger partial charge in [0.1, 0.15) is 0 Å². The van der Waals surface area contributed by atoms with Gasteiger partial charge in [0.25, 0.3) is 5.91 Å². The van der Waals surface area contributed by atoms with Crippen LogP contribution in [0.25, 0.3) is 0 Å². The number of hydrogen-bond acceptors (Lipinski definition) is 3. The normalized spacial score (nSPS) is 11.3. The predicted octanol–water partition coefficient (Wildman–Crippen LogP) is 4.17. The summed E-state index contributed by atoms with van der Waals surface area (Å²) in [5.41, 5.74) is 3.21. The van der Waals surface area contributed by atoms with Crippen LogP contribution < -0.4 is 0 Å². The summed E-state index contributed by atoms with van der Waals surface area (Å²) in [6.45, 7) is 12.4. The molecular weight excluding hydrogens is 358 g/mol. The average Bonchev–Trinajstić information content (AvgIpc) is 3.03. The van der Waals surface area contributed by atoms with E-state index in [-0.39, 0.29) is 5.91 Å². The van der Waals surface area contributed by atoms with Gasteiger partial charge in [0, 0.05) is 30.9 Å². The first kappa shape index (κ1) is 17.8. The van der Waals surface area contributed by atoms with Gasteiger partial charge >= 0.3 is 0 Å². The molecule has 0 atom stereocenters. The maximum absolute atomic E-state index is 12.8. The molecule has 2 aromatic heterocycles. The maximum Gasteiger partial charge on any atom is 0.289 e. The van der Waals surface area contributed by atoms with Crippen LogP contribution in [0.2, 0.25) is 0 Å². The Morgan fingerprint density at radius 2 is 2.09 bits per heavy atom. The van der Waals surface area contributed by atoms with E-state index in [0.29, 0.717) is 29.4 Å². The highest BCUT2D eigenvalue weighted by atomic mass is 79.9. The van der Waals surface area contributed by atoms with Crippen molar-refractivity contribution < 1.29 is 9.21 Å². The lowest BCUT2D eigenvalue weighted by molar-refractivity contribution is 0.0688. The van der Waals surface area contributed by atoms with Crippen LogP contribution in [0.3, 0.4) is 0 Å². The monoisotopic (exact) mass is 381 g/mol. The third kappa shape index (κ3) is 4.05. The zero-order chi connectivity index (χ0) is 17.1. The zero-order valence-electron chi connectivity index (χ0n) is 14.4. The first-order valence-electron chi connectivity index (χ1n) is 7.91. The molecule has 2 rings (SSSR count). The average molecular weight is 382 g/mol. The van der Waals surface area contributed by atoms with Crippen molar-refractivity contribution in [1.29, 1.82) is 0 Å². The standard InChI is InChI=1S/C17H24BrN3O2/c1-6-21-13(5)14(12(4)19-21)10-20(9-11(2)3)17(22)15-7-8-16(18)23-15/h7-8,11H,6,9-10H2,1-5H3. The van der Waals surface area contributed by atoms with Crippen LogP contribution in [0, 0.1) is 19.8 Å². The third-order valence-corrected chi connectivity index (χ3v) is 4.26. The van der Waals surface area contributed by atoms with Gasteiger partial charge in [-0.15, -0.1) is 0 Å². The van der Waals surface area contributed by atoms with Crippen LogP contribution in [-0.4, -0.2) is 27.1 Å². The summed E-state index contributed by atoms with van der Waals surface area (Å²) in [5, 5.41) is 4.54. The lowest BCUT2D eigenvalue weighted by atomic mass is 10.1. The number of carbonyl (C=O) groups excluding carboxylic acids is 1. The van der Waals surface area contributed by atoms with Crippen molar-refractivity contribution in [2.24, 2.45) is 5.92 Å². The second kappa shape index (κ2) is 7.34. The predicted molar refractivity (Wildman–Crippen MR) is 93.4 cm³/mol. The molecule has 2 aromatic rings. The van der Waals surface area contributed by atoms with E-state index in [4.69, 9.17) is 4.42 Å². The molecule has 0 N–H and O–H groups in total. The zero-order valence-corrected chi connectivity index (χ0v) is 16.0. The van der Waals surface area contributed by atoms with Crippen LogP contribution in [0.5, 0.6) is 0 Å². The number of carbonyl (C=O) groups is 1. The molecule has 126 valence electrons. The minimum atomic E-state index is -0.0903. The van der Waals surface area contributed by atoms with Crippen molar-refractivity contribution in [2.75, 3.05) is 6.54 Å². The topological polar surface area (TPSA) is 51.3 Å². The lowest BCUT2D eigenvalue weighted by Gasteiger charge is -2.24. The molecule has 6 heteroatoms. The fourth-order valence-electron chi connectivity index (χ4n) is 2.71. The van der Waals surface area contributed by atoms with E-state index in [2.05, 4.69) is 48.7 Å². The van der Waals surface area contributed by atoms with E-state index in [1.54, 1.807) is 12.1 Å². The quantitative estimate of drug-likeness (QED) is 0.753. The van der Waals surface area contributed by atoms with E-state index in [1.165, 1.54) is 0 Å². The van der Waals surface area contributed by atoms with Crippen LogP contribution in [0.1, 0.15) is 48.3 Å². The summed E-state index contributed by atoms with van der Waals surface area (Å²) >= 11 is 3.25. The van der Waals surface area contributed by atoms with E-state index in [1.807, 2.05) is 16.5 Å². The molecule has 0 aromatic carbocycles. The van der Waals surface area contributed by atoms with Crippen molar-refractivity contribution >= 4 is 21.8 Å². The van der Waals surface area contributed by atoms with Gasteiger partial charge < -0.3 is 9.32 Å². The summed E-state index contributed by atoms with van der Waals surface area (Å²) in [4.78, 5) is 14.6. The molecular formula is C17H24BrN3O2. The first-order chi connectivity index (χ1) is 10.8. The largest absolute Gasteiger partial charge is 0.444 e. The van der Waals surface area contributed by atoms with Crippen LogP contribution in [0.4, 0.5) is 0 Å². The van der Waals surface area contributed by atoms with E-state index in [0.717, 1.165) is 23.5 Å². The highest BCUT2D eigenvalue weighted by Crippen LogP contribution is 2.20. The van der Waals surface area contributed by atoms with E-state index >= 15 is 0 Å². The van der Waals surface area contributed by atoms with Crippen LogP contribution >= 0.6 is 15.9 Å². The van der Waals surface area contributed by atoms with Crippen LogP contribution in [0.15, 0.2) is 21.2 Å². The van der Waals surface area contributed by atoms with Gasteiger partial charge in [-0.1, -0.05) is 13.8 Å². The number of furan rings is 1. The number of hydrogen-bond donors (Lipinski definition) is 0. The minimum absolute atomic E-state index is 0.0903. The van der Waals surface area contributed by atoms with Gasteiger partial charge in [0.05, 0.1) is 5.69 Å². The number of aryl methyl sites for hydroxylation is 2. The fourth-order valence-corrected chi connectivity index (χ4v) is 3.01. The number of rotatable bonds is 6. The van der Waals surface area contributed by atoms with Crippen molar-refractivity contribution in [3.8, 4) is 0 Å². The Labute approximate surface area is 145 Å². The van der Waals surface area contributed by atoms with Gasteiger partial charge in [0.2, 0.25) is 0 Å². The Morgan fingerprint density at radius 1 is 1.39 bits per heavy atom. The molecule has 0 saturated carbocycles. The Morgan fingerprint density at radius 3 is 2.57 bits per heavy atom. The maximum atomic E-state index is 12.8. The van der Waals surface area contributed by atoms with Crippen molar-refractivity contribution in [2.45, 2.75) is 47.7 Å². The lowest BCUT2D eigenvalue weighted by Crippen LogP contribution is -2.34. The van der Waals surface area contributed by atoms with E-state index < -0.39 is 0 Å². The summed E-state index contributed by atoms with van der Waals surface area (Å²) < 4.78 is 7.98. The van der Waals surface area contributed by atoms with Gasteiger partial charge in [0.15, 0.2) is 10.4 Å². The smallest absolute Gasteiger partial charge is 0.289 e. The third-order valence-electron chi connectivity index (χ3n) is 3.84. The Kier molecular flexibility index (Phi) is 5.68. The Bertz CT molecular complexity index is 688. The highest BCUT2D eigenvalue weighted by molar-refractivity contribution is 9.10. The molecule has 5 nitrogen and oxygen atoms in total. The molecule has 0 unspecified atom stereocenters. The number of halogens is 1. The van der Waals surface area contributed by atoms with Gasteiger partial charge in [-0.2, -0.15) is 5.10 Å². The summed E-state index contributed by atoms with van der Waals surface area (Å²) in [6, 6.07) is 3.45. The number of aromatic nitrogens is 2. The molecule has 0 aliphatic carbocycles. The SMILES string of the molecule is CCn1nc(C)c(CN(CC(C)C)C(=O)c2ccc(Br)o2)c1C. The second-order valence-corrected chi connectivity index (χ2v) is 6.93. The molecule has 0 aliphatic heterocycles. The van der Waals surface area contributed by atoms with Gasteiger partial charge in [-0.05, 0) is 54.8 Å². The highest BCUT2D eigenvalue weighted by Gasteiger charge is 2.23. The molecule has 1 amide bonds. The fraction of sp³-hybridized carbons (Fsp3) is 0.529. The van der Waals surface area contributed by atoms with E-state index in [9.17, 15) is 4.79 Å². The summed E-state index contributed by atoms with van der Waals surface area (Å²) in [7, 11) is 0. The summed E-state index contributed by atoms with van der Waals surface area (Å²) in [5.74, 6) is 0.641. The van der Waals surface area contributed by atoms with Gasteiger partial charge in [-0.25, -0.2) is 0 Å². The summed E-state index contributed by atoms with van der Waals surface area (Å²) in [6.07, 6.45) is 0. The molecule has 0 fully saturated rings.